The highest BCUT2D eigenvalue weighted by Gasteiger charge is 2.36. The van der Waals surface area contributed by atoms with Gasteiger partial charge in [-0.05, 0) is 62.6 Å². The molecule has 0 bridgehead atoms. The topological polar surface area (TPSA) is 71.5 Å². The van der Waals surface area contributed by atoms with Crippen molar-refractivity contribution in [3.8, 4) is 0 Å². The van der Waals surface area contributed by atoms with E-state index in [0.29, 0.717) is 12.5 Å². The predicted molar refractivity (Wildman–Crippen MR) is 128 cm³/mol. The Labute approximate surface area is 192 Å². The number of ether oxygens (including phenoxy) is 1. The van der Waals surface area contributed by atoms with E-state index < -0.39 is 10.0 Å². The maximum absolute atomic E-state index is 12.0. The molecule has 1 saturated heterocycles. The molecule has 32 heavy (non-hydrogen) atoms. The van der Waals surface area contributed by atoms with Crippen molar-refractivity contribution in [3.63, 3.8) is 0 Å². The third-order valence-electron chi connectivity index (χ3n) is 6.93. The Kier molecular flexibility index (Phi) is 7.48. The zero-order valence-corrected chi connectivity index (χ0v) is 19.9. The summed E-state index contributed by atoms with van der Waals surface area (Å²) in [6, 6.07) is 16.7. The number of nitrogens with one attached hydrogen (secondary N) is 1. The van der Waals surface area contributed by atoms with Gasteiger partial charge in [-0.15, -0.1) is 0 Å². The Hall–Kier alpha value is -1.96. The van der Waals surface area contributed by atoms with E-state index in [-0.39, 0.29) is 24.1 Å². The minimum absolute atomic E-state index is 0.0785. The van der Waals surface area contributed by atoms with Crippen molar-refractivity contribution in [2.24, 2.45) is 5.92 Å². The van der Waals surface area contributed by atoms with E-state index in [1.165, 1.54) is 11.8 Å². The molecular weight excluding hydrogens is 422 g/mol. The molecule has 1 aromatic carbocycles. The molecule has 1 aliphatic carbocycles. The van der Waals surface area contributed by atoms with Gasteiger partial charge in [-0.1, -0.05) is 36.4 Å². The molecule has 0 amide bonds. The second kappa shape index (κ2) is 10.3. The molecule has 3 atom stereocenters. The highest BCUT2D eigenvalue weighted by Crippen LogP contribution is 2.35. The van der Waals surface area contributed by atoms with Gasteiger partial charge >= 0.3 is 0 Å². The van der Waals surface area contributed by atoms with E-state index in [2.05, 4.69) is 51.9 Å². The molecule has 1 unspecified atom stereocenters. The summed E-state index contributed by atoms with van der Waals surface area (Å²) in [4.78, 5) is 6.80. The largest absolute Gasteiger partial charge is 0.378 e. The summed E-state index contributed by atoms with van der Waals surface area (Å²) < 4.78 is 33.3. The number of nitrogens with zero attached hydrogens (tertiary/aromatic N) is 2. The molecule has 2 aliphatic rings. The number of benzene rings is 1. The molecule has 1 saturated carbocycles. The molecule has 4 rings (SSSR count). The summed E-state index contributed by atoms with van der Waals surface area (Å²) in [5.41, 5.74) is 1.43. The lowest BCUT2D eigenvalue weighted by molar-refractivity contribution is -0.00357. The van der Waals surface area contributed by atoms with Crippen LogP contribution in [0.3, 0.4) is 0 Å². The van der Waals surface area contributed by atoms with Crippen LogP contribution in [0.5, 0.6) is 0 Å². The molecule has 6 nitrogen and oxygen atoms in total. The van der Waals surface area contributed by atoms with Crippen LogP contribution in [0.2, 0.25) is 0 Å². The summed E-state index contributed by atoms with van der Waals surface area (Å²) in [6.45, 7) is 3.42. The van der Waals surface area contributed by atoms with Crippen LogP contribution < -0.4 is 9.62 Å². The van der Waals surface area contributed by atoms with Crippen LogP contribution in [0.15, 0.2) is 54.7 Å². The Bertz CT molecular complexity index is 947. The van der Waals surface area contributed by atoms with Gasteiger partial charge in [0.25, 0.3) is 0 Å². The van der Waals surface area contributed by atoms with E-state index >= 15 is 0 Å². The highest BCUT2D eigenvalue weighted by molar-refractivity contribution is 7.88. The molecule has 2 heterocycles. The van der Waals surface area contributed by atoms with Crippen molar-refractivity contribution in [1.29, 1.82) is 0 Å². The average Bonchev–Trinajstić information content (AvgIpc) is 2.79. The first-order valence-corrected chi connectivity index (χ1v) is 13.6. The van der Waals surface area contributed by atoms with E-state index in [0.717, 1.165) is 44.5 Å². The number of rotatable bonds is 7. The Morgan fingerprint density at radius 2 is 1.78 bits per heavy atom. The third-order valence-corrected chi connectivity index (χ3v) is 7.66. The fraction of sp³-hybridized carbons (Fsp3) is 0.560. The van der Waals surface area contributed by atoms with Crippen molar-refractivity contribution in [1.82, 2.24) is 9.71 Å². The minimum atomic E-state index is -3.28. The van der Waals surface area contributed by atoms with E-state index in [9.17, 15) is 8.42 Å². The lowest BCUT2D eigenvalue weighted by Crippen LogP contribution is -2.56. The smallest absolute Gasteiger partial charge is 0.208 e. The van der Waals surface area contributed by atoms with Gasteiger partial charge in [0.05, 0.1) is 19.0 Å². The van der Waals surface area contributed by atoms with Crippen molar-refractivity contribution < 1.29 is 13.2 Å². The third kappa shape index (κ3) is 6.09. The zero-order valence-electron chi connectivity index (χ0n) is 19.1. The van der Waals surface area contributed by atoms with Gasteiger partial charge in [0, 0.05) is 30.7 Å². The first-order valence-electron chi connectivity index (χ1n) is 11.7. The summed E-state index contributed by atoms with van der Waals surface area (Å²) in [5.74, 6) is 1.63. The first-order chi connectivity index (χ1) is 15.4. The van der Waals surface area contributed by atoms with E-state index in [1.54, 1.807) is 6.20 Å². The lowest BCUT2D eigenvalue weighted by atomic mass is 9.82. The number of aromatic nitrogens is 1. The monoisotopic (exact) mass is 457 g/mol. The van der Waals surface area contributed by atoms with Crippen LogP contribution >= 0.6 is 0 Å². The number of piperidine rings is 1. The van der Waals surface area contributed by atoms with Crippen molar-refractivity contribution in [2.75, 3.05) is 24.3 Å². The SMILES string of the molecule is C[C@H]1C[C@H](NS(C)(=O)=O)C(COC2CCC(c3ccccc3)CC2)CN1c1ccccn1. The van der Waals surface area contributed by atoms with Crippen molar-refractivity contribution >= 4 is 15.8 Å². The summed E-state index contributed by atoms with van der Waals surface area (Å²) in [7, 11) is -3.28. The van der Waals surface area contributed by atoms with Crippen LogP contribution in [0.4, 0.5) is 5.82 Å². The van der Waals surface area contributed by atoms with Crippen LogP contribution in [0.25, 0.3) is 0 Å². The average molecular weight is 458 g/mol. The minimum Gasteiger partial charge on any atom is -0.378 e. The Balaban J connectivity index is 1.37. The fourth-order valence-corrected chi connectivity index (χ4v) is 6.06. The van der Waals surface area contributed by atoms with E-state index in [1.807, 2.05) is 18.2 Å². The van der Waals surface area contributed by atoms with E-state index in [4.69, 9.17) is 4.74 Å². The number of anilines is 1. The van der Waals surface area contributed by atoms with Crippen LogP contribution in [-0.4, -0.2) is 51.0 Å². The molecular formula is C25H35N3O3S. The van der Waals surface area contributed by atoms with Crippen LogP contribution in [0, 0.1) is 5.92 Å². The van der Waals surface area contributed by atoms with Crippen LogP contribution in [-0.2, 0) is 14.8 Å². The number of hydrogen-bond acceptors (Lipinski definition) is 5. The summed E-state index contributed by atoms with van der Waals surface area (Å²) in [5, 5.41) is 0. The number of hydrogen-bond donors (Lipinski definition) is 1. The molecule has 1 aliphatic heterocycles. The van der Waals surface area contributed by atoms with Crippen molar-refractivity contribution in [2.45, 2.75) is 63.1 Å². The fourth-order valence-electron chi connectivity index (χ4n) is 5.23. The second-order valence-electron chi connectivity index (χ2n) is 9.40. The molecule has 2 fully saturated rings. The maximum Gasteiger partial charge on any atom is 0.208 e. The Morgan fingerprint density at radius 1 is 1.06 bits per heavy atom. The summed E-state index contributed by atoms with van der Waals surface area (Å²) in [6.07, 6.45) is 8.41. The second-order valence-corrected chi connectivity index (χ2v) is 11.2. The standard InChI is InChI=1S/C25H35N3O3S/c1-19-16-24(27-32(2,29)30)22(17-28(19)25-10-6-7-15-26-25)18-31-23-13-11-21(12-14-23)20-8-4-3-5-9-20/h3-10,15,19,21-24,27H,11-14,16-18H2,1-2H3/t19-,21?,22?,23?,24-/m0/s1. The molecule has 1 aromatic heterocycles. The number of sulfonamides is 1. The normalized spacial score (nSPS) is 29.1. The van der Waals surface area contributed by atoms with Crippen LogP contribution in [0.1, 0.15) is 50.5 Å². The van der Waals surface area contributed by atoms with Gasteiger partial charge in [-0.2, -0.15) is 0 Å². The molecule has 174 valence electrons. The molecule has 2 aromatic rings. The van der Waals surface area contributed by atoms with Gasteiger partial charge < -0.3 is 9.64 Å². The molecule has 1 N–H and O–H groups in total. The highest BCUT2D eigenvalue weighted by atomic mass is 32.2. The zero-order chi connectivity index (χ0) is 22.6. The van der Waals surface area contributed by atoms with Gasteiger partial charge in [0.2, 0.25) is 10.0 Å². The molecule has 0 radical (unpaired) electrons. The lowest BCUT2D eigenvalue weighted by Gasteiger charge is -2.44. The van der Waals surface area contributed by atoms with Gasteiger partial charge in [0.15, 0.2) is 0 Å². The quantitative estimate of drug-likeness (QED) is 0.681. The summed E-state index contributed by atoms with van der Waals surface area (Å²) >= 11 is 0. The molecule has 0 spiro atoms. The van der Waals surface area contributed by atoms with Gasteiger partial charge in [-0.3, -0.25) is 0 Å². The number of pyridine rings is 1. The van der Waals surface area contributed by atoms with Gasteiger partial charge in [0.1, 0.15) is 5.82 Å². The Morgan fingerprint density at radius 3 is 2.44 bits per heavy atom. The predicted octanol–water partition coefficient (Wildman–Crippen LogP) is 3.96. The first kappa shape index (κ1) is 23.2. The van der Waals surface area contributed by atoms with Crippen molar-refractivity contribution in [3.05, 3.63) is 60.3 Å². The maximum atomic E-state index is 12.0. The molecule has 7 heteroatoms. The van der Waals surface area contributed by atoms with Gasteiger partial charge in [-0.25, -0.2) is 18.1 Å².